The molecule has 0 aromatic carbocycles. The Morgan fingerprint density at radius 1 is 1.20 bits per heavy atom. The summed E-state index contributed by atoms with van der Waals surface area (Å²) < 4.78 is 9.63. The second-order valence-corrected chi connectivity index (χ2v) is 4.35. The molecule has 7 heteroatoms. The molecule has 0 aliphatic carbocycles. The molecule has 0 radical (unpaired) electrons. The van der Waals surface area contributed by atoms with Crippen LogP contribution in [-0.2, 0) is 19.1 Å². The van der Waals surface area contributed by atoms with E-state index in [1.807, 2.05) is 0 Å². The number of carbonyl (C=O) groups is 2. The molecule has 0 aromatic heterocycles. The third kappa shape index (κ3) is 5.67. The van der Waals surface area contributed by atoms with Crippen molar-refractivity contribution in [2.45, 2.75) is 13.8 Å². The number of halogens is 2. The van der Waals surface area contributed by atoms with Crippen LogP contribution >= 0.6 is 23.2 Å². The van der Waals surface area contributed by atoms with E-state index >= 15 is 0 Å². The molecule has 0 saturated heterocycles. The standard InChI is InChI=1S/C13H17Cl2NO4/c1-4-19-12(17)11(13(18)20-5-2)8(3)10(15)6-9(14)7-16/h6-7,11H,3-5,16H2,1-2H3/b9-7+,10-6+. The van der Waals surface area contributed by atoms with E-state index in [0.717, 1.165) is 6.20 Å². The van der Waals surface area contributed by atoms with Crippen LogP contribution in [0.5, 0.6) is 0 Å². The van der Waals surface area contributed by atoms with Crippen LogP contribution in [0.3, 0.4) is 0 Å². The SMILES string of the molecule is C=C(/C(Cl)=C\C(Cl)=C/N)C(C(=O)OCC)C(=O)OCC. The van der Waals surface area contributed by atoms with Crippen molar-refractivity contribution < 1.29 is 19.1 Å². The van der Waals surface area contributed by atoms with Crippen LogP contribution in [0.25, 0.3) is 0 Å². The van der Waals surface area contributed by atoms with Gasteiger partial charge in [-0.2, -0.15) is 0 Å². The van der Waals surface area contributed by atoms with E-state index in [9.17, 15) is 9.59 Å². The first-order chi connectivity index (χ1) is 9.38. The first-order valence-corrected chi connectivity index (χ1v) is 6.61. The first kappa shape index (κ1) is 18.5. The lowest BCUT2D eigenvalue weighted by Crippen LogP contribution is -2.29. The molecule has 2 N–H and O–H groups in total. The number of esters is 2. The fraction of sp³-hybridized carbons (Fsp3) is 0.385. The third-order valence-electron chi connectivity index (χ3n) is 2.12. The average Bonchev–Trinajstić information content (AvgIpc) is 2.39. The number of hydrogen-bond acceptors (Lipinski definition) is 5. The van der Waals surface area contributed by atoms with Crippen LogP contribution in [0.4, 0.5) is 0 Å². The minimum absolute atomic E-state index is 0.0165. The highest BCUT2D eigenvalue weighted by atomic mass is 35.5. The maximum absolute atomic E-state index is 11.8. The molecule has 0 rings (SSSR count). The Hall–Kier alpha value is -1.46. The number of hydrogen-bond donors (Lipinski definition) is 1. The molecular formula is C13H17Cl2NO4. The minimum atomic E-state index is -1.33. The molecule has 0 aliphatic rings. The molecule has 0 atom stereocenters. The molecule has 0 aromatic rings. The normalized spacial score (nSPS) is 12.2. The van der Waals surface area contributed by atoms with Crippen molar-refractivity contribution >= 4 is 35.1 Å². The van der Waals surface area contributed by atoms with Gasteiger partial charge in [0.2, 0.25) is 0 Å². The first-order valence-electron chi connectivity index (χ1n) is 5.85. The van der Waals surface area contributed by atoms with Crippen molar-refractivity contribution in [3.8, 4) is 0 Å². The summed E-state index contributed by atoms with van der Waals surface area (Å²) in [5.41, 5.74) is 5.23. The van der Waals surface area contributed by atoms with Crippen LogP contribution in [0.2, 0.25) is 0 Å². The van der Waals surface area contributed by atoms with E-state index in [2.05, 4.69) is 6.58 Å². The van der Waals surface area contributed by atoms with Gasteiger partial charge in [-0.15, -0.1) is 0 Å². The summed E-state index contributed by atoms with van der Waals surface area (Å²) in [6.07, 6.45) is 2.39. The number of allylic oxidation sites excluding steroid dienone is 3. The number of ether oxygens (including phenoxy) is 2. The van der Waals surface area contributed by atoms with Gasteiger partial charge in [-0.1, -0.05) is 29.8 Å². The predicted octanol–water partition coefficient (Wildman–Crippen LogP) is 2.45. The van der Waals surface area contributed by atoms with Crippen LogP contribution in [0.15, 0.2) is 34.5 Å². The molecule has 112 valence electrons. The second kappa shape index (κ2) is 9.44. The van der Waals surface area contributed by atoms with E-state index in [-0.39, 0.29) is 28.9 Å². The van der Waals surface area contributed by atoms with Crippen molar-refractivity contribution in [3.05, 3.63) is 34.5 Å². The van der Waals surface area contributed by atoms with Crippen molar-refractivity contribution in [3.63, 3.8) is 0 Å². The smallest absolute Gasteiger partial charge is 0.324 e. The van der Waals surface area contributed by atoms with Gasteiger partial charge in [0.25, 0.3) is 0 Å². The molecule has 0 saturated carbocycles. The second-order valence-electron chi connectivity index (χ2n) is 3.51. The van der Waals surface area contributed by atoms with Gasteiger partial charge in [-0.05, 0) is 25.5 Å². The van der Waals surface area contributed by atoms with Gasteiger partial charge in [-0.3, -0.25) is 9.59 Å². The number of carbonyl (C=O) groups excluding carboxylic acids is 2. The van der Waals surface area contributed by atoms with Gasteiger partial charge in [0.05, 0.1) is 18.2 Å². The van der Waals surface area contributed by atoms with Gasteiger partial charge < -0.3 is 15.2 Å². The average molecular weight is 322 g/mol. The highest BCUT2D eigenvalue weighted by Crippen LogP contribution is 2.26. The molecule has 0 fully saturated rings. The number of nitrogens with two attached hydrogens (primary N) is 1. The summed E-state index contributed by atoms with van der Waals surface area (Å²) in [7, 11) is 0. The summed E-state index contributed by atoms with van der Waals surface area (Å²) in [4.78, 5) is 23.6. The van der Waals surface area contributed by atoms with E-state index in [1.54, 1.807) is 13.8 Å². The van der Waals surface area contributed by atoms with Crippen molar-refractivity contribution in [2.24, 2.45) is 11.7 Å². The summed E-state index contributed by atoms with van der Waals surface area (Å²) in [5, 5.41) is 0.158. The quantitative estimate of drug-likeness (QED) is 0.442. The Morgan fingerprint density at radius 2 is 1.65 bits per heavy atom. The van der Waals surface area contributed by atoms with E-state index in [1.165, 1.54) is 6.08 Å². The van der Waals surface area contributed by atoms with Crippen molar-refractivity contribution in [1.29, 1.82) is 0 Å². The van der Waals surface area contributed by atoms with Crippen molar-refractivity contribution in [2.75, 3.05) is 13.2 Å². The molecular weight excluding hydrogens is 305 g/mol. The predicted molar refractivity (Wildman–Crippen MR) is 78.0 cm³/mol. The molecule has 20 heavy (non-hydrogen) atoms. The molecule has 5 nitrogen and oxygen atoms in total. The van der Waals surface area contributed by atoms with Crippen LogP contribution < -0.4 is 5.73 Å². The Kier molecular flexibility index (Phi) is 8.76. The van der Waals surface area contributed by atoms with E-state index < -0.39 is 17.9 Å². The molecule has 0 amide bonds. The monoisotopic (exact) mass is 321 g/mol. The van der Waals surface area contributed by atoms with Crippen LogP contribution in [-0.4, -0.2) is 25.2 Å². The van der Waals surface area contributed by atoms with Gasteiger partial charge in [0.1, 0.15) is 0 Å². The highest BCUT2D eigenvalue weighted by molar-refractivity contribution is 6.36. The Morgan fingerprint density at radius 3 is 2.00 bits per heavy atom. The molecule has 0 spiro atoms. The third-order valence-corrected chi connectivity index (χ3v) is 2.71. The maximum Gasteiger partial charge on any atom is 0.324 e. The Balaban J connectivity index is 5.31. The zero-order valence-electron chi connectivity index (χ0n) is 11.3. The fourth-order valence-corrected chi connectivity index (χ4v) is 1.62. The van der Waals surface area contributed by atoms with Gasteiger partial charge >= 0.3 is 11.9 Å². The van der Waals surface area contributed by atoms with Crippen LogP contribution in [0, 0.1) is 5.92 Å². The lowest BCUT2D eigenvalue weighted by atomic mass is 10.00. The lowest BCUT2D eigenvalue weighted by molar-refractivity contribution is -0.159. The van der Waals surface area contributed by atoms with Gasteiger partial charge in [0.15, 0.2) is 5.92 Å². The highest BCUT2D eigenvalue weighted by Gasteiger charge is 2.33. The minimum Gasteiger partial charge on any atom is -0.465 e. The molecule has 0 aliphatic heterocycles. The lowest BCUT2D eigenvalue weighted by Gasteiger charge is -2.16. The largest absolute Gasteiger partial charge is 0.465 e. The summed E-state index contributed by atoms with van der Waals surface area (Å²) in [6, 6.07) is 0. The maximum atomic E-state index is 11.8. The Bertz CT molecular complexity index is 426. The summed E-state index contributed by atoms with van der Waals surface area (Å²) in [6.45, 7) is 7.09. The zero-order valence-corrected chi connectivity index (χ0v) is 12.8. The molecule has 0 unspecified atom stereocenters. The molecule has 0 heterocycles. The van der Waals surface area contributed by atoms with Gasteiger partial charge in [0, 0.05) is 11.2 Å². The fourth-order valence-electron chi connectivity index (χ4n) is 1.23. The van der Waals surface area contributed by atoms with E-state index in [0.29, 0.717) is 0 Å². The van der Waals surface area contributed by atoms with E-state index in [4.69, 9.17) is 38.4 Å². The van der Waals surface area contributed by atoms with Crippen LogP contribution in [0.1, 0.15) is 13.8 Å². The zero-order chi connectivity index (χ0) is 15.7. The summed E-state index contributed by atoms with van der Waals surface area (Å²) in [5.74, 6) is -2.90. The summed E-state index contributed by atoms with van der Waals surface area (Å²) >= 11 is 11.6. The topological polar surface area (TPSA) is 78.6 Å². The van der Waals surface area contributed by atoms with Crippen molar-refractivity contribution in [1.82, 2.24) is 0 Å². The Labute approximate surface area is 128 Å². The van der Waals surface area contributed by atoms with Gasteiger partial charge in [-0.25, -0.2) is 0 Å². The molecule has 0 bridgehead atoms. The number of rotatable bonds is 7.